The van der Waals surface area contributed by atoms with Crippen LogP contribution in [0.25, 0.3) is 10.9 Å². The maximum Gasteiger partial charge on any atom is 0.256 e. The first-order valence-corrected chi connectivity index (χ1v) is 10.7. The predicted octanol–water partition coefficient (Wildman–Crippen LogP) is 3.97. The van der Waals surface area contributed by atoms with Gasteiger partial charge in [0.05, 0.1) is 16.0 Å². The van der Waals surface area contributed by atoms with Gasteiger partial charge in [-0.05, 0) is 55.5 Å². The van der Waals surface area contributed by atoms with Crippen LogP contribution < -0.4 is 5.32 Å². The number of amides is 1. The molecule has 1 heterocycles. The molecule has 1 amide bonds. The van der Waals surface area contributed by atoms with Crippen molar-refractivity contribution in [3.63, 3.8) is 0 Å². The third kappa shape index (κ3) is 4.28. The van der Waals surface area contributed by atoms with E-state index < -0.39 is 21.7 Å². The summed E-state index contributed by atoms with van der Waals surface area (Å²) in [5.74, 6) is -0.881. The maximum absolute atomic E-state index is 13.7. The number of halogens is 1. The van der Waals surface area contributed by atoms with Crippen molar-refractivity contribution in [1.29, 1.82) is 0 Å². The average molecular weight is 415 g/mol. The van der Waals surface area contributed by atoms with Crippen LogP contribution in [0.4, 0.5) is 10.1 Å². The number of hydrogen-bond acceptors (Lipinski definition) is 4. The molecular weight excluding hydrogens is 393 g/mol. The van der Waals surface area contributed by atoms with Gasteiger partial charge in [0.15, 0.2) is 0 Å². The molecule has 1 N–H and O–H groups in total. The lowest BCUT2D eigenvalue weighted by molar-refractivity contribution is 0.102. The average Bonchev–Trinajstić information content (AvgIpc) is 2.68. The summed E-state index contributed by atoms with van der Waals surface area (Å²) in [5, 5.41) is 3.15. The number of aryl methyl sites for hydroxylation is 1. The Labute approximate surface area is 169 Å². The van der Waals surface area contributed by atoms with Crippen LogP contribution >= 0.6 is 0 Å². The molecule has 0 unspecified atom stereocenters. The second-order valence-electron chi connectivity index (χ2n) is 6.54. The van der Waals surface area contributed by atoms with Crippen LogP contribution in [0.1, 0.15) is 29.9 Å². The minimum absolute atomic E-state index is 0.159. The number of aromatic nitrogens is 1. The second kappa shape index (κ2) is 8.26. The molecule has 6 nitrogen and oxygen atoms in total. The van der Waals surface area contributed by atoms with E-state index in [1.165, 1.54) is 46.8 Å². The van der Waals surface area contributed by atoms with Gasteiger partial charge in [0, 0.05) is 29.9 Å². The number of sulfonamides is 1. The van der Waals surface area contributed by atoms with E-state index in [4.69, 9.17) is 0 Å². The first-order valence-electron chi connectivity index (χ1n) is 9.24. The lowest BCUT2D eigenvalue weighted by Gasteiger charge is -2.18. The van der Waals surface area contributed by atoms with Crippen molar-refractivity contribution < 1.29 is 17.6 Å². The highest BCUT2D eigenvalue weighted by atomic mass is 32.2. The molecule has 0 spiro atoms. The molecule has 0 saturated carbocycles. The summed E-state index contributed by atoms with van der Waals surface area (Å²) in [5.41, 5.74) is 1.89. The number of benzene rings is 2. The number of nitrogens with zero attached hydrogens (tertiary/aromatic N) is 2. The molecule has 3 rings (SSSR count). The van der Waals surface area contributed by atoms with Crippen molar-refractivity contribution in [1.82, 2.24) is 9.29 Å². The van der Waals surface area contributed by atoms with E-state index >= 15 is 0 Å². The van der Waals surface area contributed by atoms with Crippen molar-refractivity contribution >= 4 is 32.5 Å². The molecule has 1 aromatic heterocycles. The van der Waals surface area contributed by atoms with Crippen LogP contribution in [0.2, 0.25) is 0 Å². The van der Waals surface area contributed by atoms with Gasteiger partial charge < -0.3 is 5.32 Å². The lowest BCUT2D eigenvalue weighted by atomic mass is 10.1. The molecule has 0 aliphatic rings. The molecule has 0 aliphatic carbocycles. The number of pyridine rings is 1. The zero-order chi connectivity index (χ0) is 21.2. The Morgan fingerprint density at radius 1 is 1.07 bits per heavy atom. The maximum atomic E-state index is 13.7. The third-order valence-corrected chi connectivity index (χ3v) is 6.66. The van der Waals surface area contributed by atoms with E-state index in [1.807, 2.05) is 0 Å². The van der Waals surface area contributed by atoms with Crippen LogP contribution in [-0.2, 0) is 10.0 Å². The Balaban J connectivity index is 1.89. The number of carbonyl (C=O) groups is 1. The molecule has 0 radical (unpaired) electrons. The summed E-state index contributed by atoms with van der Waals surface area (Å²) in [4.78, 5) is 17.3. The summed E-state index contributed by atoms with van der Waals surface area (Å²) in [6, 6.07) is 11.7. The zero-order valence-electron chi connectivity index (χ0n) is 16.4. The molecule has 8 heteroatoms. The van der Waals surface area contributed by atoms with Crippen LogP contribution in [0.5, 0.6) is 0 Å². The molecule has 0 atom stereocenters. The third-order valence-electron chi connectivity index (χ3n) is 4.60. The fourth-order valence-electron chi connectivity index (χ4n) is 3.14. The van der Waals surface area contributed by atoms with Gasteiger partial charge in [-0.3, -0.25) is 9.78 Å². The zero-order valence-corrected chi connectivity index (χ0v) is 17.3. The van der Waals surface area contributed by atoms with Gasteiger partial charge >= 0.3 is 0 Å². The highest BCUT2D eigenvalue weighted by Crippen LogP contribution is 2.22. The quantitative estimate of drug-likeness (QED) is 0.661. The van der Waals surface area contributed by atoms with Gasteiger partial charge in [-0.15, -0.1) is 0 Å². The highest BCUT2D eigenvalue weighted by molar-refractivity contribution is 7.89. The summed E-state index contributed by atoms with van der Waals surface area (Å²) in [6.45, 7) is 6.07. The number of rotatable bonds is 6. The Kier molecular flexibility index (Phi) is 5.95. The molecule has 0 saturated heterocycles. The molecule has 29 heavy (non-hydrogen) atoms. The highest BCUT2D eigenvalue weighted by Gasteiger charge is 2.21. The molecule has 0 bridgehead atoms. The van der Waals surface area contributed by atoms with E-state index in [2.05, 4.69) is 10.3 Å². The van der Waals surface area contributed by atoms with E-state index in [-0.39, 0.29) is 4.90 Å². The number of nitrogens with one attached hydrogen (secondary N) is 1. The van der Waals surface area contributed by atoms with E-state index in [0.29, 0.717) is 40.9 Å². The minimum Gasteiger partial charge on any atom is -0.322 e. The van der Waals surface area contributed by atoms with Crippen molar-refractivity contribution in [3.05, 3.63) is 65.6 Å². The van der Waals surface area contributed by atoms with Gasteiger partial charge in [-0.1, -0.05) is 13.8 Å². The summed E-state index contributed by atoms with van der Waals surface area (Å²) < 4.78 is 40.2. The van der Waals surface area contributed by atoms with Gasteiger partial charge in [-0.2, -0.15) is 4.31 Å². The van der Waals surface area contributed by atoms with Crippen LogP contribution in [0.3, 0.4) is 0 Å². The number of anilines is 1. The standard InChI is InChI=1S/C21H22FN3O3S/c1-4-25(5-2)29(27,28)17-9-7-16(8-10-17)24-21(26)19-12-14(3)23-20-11-6-15(22)13-18(19)20/h6-13H,4-5H2,1-3H3,(H,24,26). The SMILES string of the molecule is CCN(CC)S(=O)(=O)c1ccc(NC(=O)c2cc(C)nc3ccc(F)cc23)cc1. The van der Waals surface area contributed by atoms with Crippen LogP contribution in [-0.4, -0.2) is 36.7 Å². The smallest absolute Gasteiger partial charge is 0.256 e. The van der Waals surface area contributed by atoms with E-state index in [1.54, 1.807) is 26.8 Å². The van der Waals surface area contributed by atoms with Gasteiger partial charge in [0.25, 0.3) is 5.91 Å². The molecule has 152 valence electrons. The first kappa shape index (κ1) is 20.9. The normalized spacial score (nSPS) is 11.8. The van der Waals surface area contributed by atoms with Crippen molar-refractivity contribution in [2.24, 2.45) is 0 Å². The fourth-order valence-corrected chi connectivity index (χ4v) is 4.60. The van der Waals surface area contributed by atoms with Gasteiger partial charge in [-0.25, -0.2) is 12.8 Å². The van der Waals surface area contributed by atoms with E-state index in [9.17, 15) is 17.6 Å². The summed E-state index contributed by atoms with van der Waals surface area (Å²) >= 11 is 0. The van der Waals surface area contributed by atoms with Crippen LogP contribution in [0, 0.1) is 12.7 Å². The Morgan fingerprint density at radius 3 is 2.34 bits per heavy atom. The topological polar surface area (TPSA) is 79.4 Å². The Hall–Kier alpha value is -2.84. The lowest BCUT2D eigenvalue weighted by Crippen LogP contribution is -2.30. The van der Waals surface area contributed by atoms with Crippen LogP contribution in [0.15, 0.2) is 53.4 Å². The predicted molar refractivity (Wildman–Crippen MR) is 111 cm³/mol. The Bertz CT molecular complexity index is 1160. The molecule has 3 aromatic rings. The van der Waals surface area contributed by atoms with Crippen molar-refractivity contribution in [3.8, 4) is 0 Å². The van der Waals surface area contributed by atoms with Crippen molar-refractivity contribution in [2.75, 3.05) is 18.4 Å². The number of carbonyl (C=O) groups excluding carboxylic acids is 1. The first-order chi connectivity index (χ1) is 13.8. The largest absolute Gasteiger partial charge is 0.322 e. The Morgan fingerprint density at radius 2 is 1.72 bits per heavy atom. The van der Waals surface area contributed by atoms with Gasteiger partial charge in [0.1, 0.15) is 5.82 Å². The fraction of sp³-hybridized carbons (Fsp3) is 0.238. The molecular formula is C21H22FN3O3S. The monoisotopic (exact) mass is 415 g/mol. The van der Waals surface area contributed by atoms with Gasteiger partial charge in [0.2, 0.25) is 10.0 Å². The molecule has 0 fully saturated rings. The van der Waals surface area contributed by atoms with E-state index in [0.717, 1.165) is 0 Å². The summed E-state index contributed by atoms with van der Waals surface area (Å²) in [7, 11) is -3.57. The number of hydrogen-bond donors (Lipinski definition) is 1. The minimum atomic E-state index is -3.57. The second-order valence-corrected chi connectivity index (χ2v) is 8.48. The summed E-state index contributed by atoms with van der Waals surface area (Å²) in [6.07, 6.45) is 0. The van der Waals surface area contributed by atoms with Crippen molar-refractivity contribution in [2.45, 2.75) is 25.7 Å². The molecule has 0 aliphatic heterocycles. The number of fused-ring (bicyclic) bond motifs is 1. The molecule has 2 aromatic carbocycles.